The summed E-state index contributed by atoms with van der Waals surface area (Å²) >= 11 is 5.69. The molecule has 0 radical (unpaired) electrons. The van der Waals surface area contributed by atoms with Gasteiger partial charge in [0.2, 0.25) is 5.91 Å². The minimum Gasteiger partial charge on any atom is -0.397 e. The van der Waals surface area contributed by atoms with Gasteiger partial charge in [0.15, 0.2) is 0 Å². The minimum atomic E-state index is -1.45. The fourth-order valence-electron chi connectivity index (χ4n) is 1.01. The Morgan fingerprint density at radius 2 is 2.24 bits per heavy atom. The Kier molecular flexibility index (Phi) is 4.24. The molecule has 2 amide bonds. The largest absolute Gasteiger partial charge is 0.397 e. The van der Waals surface area contributed by atoms with Crippen molar-refractivity contribution in [3.63, 3.8) is 0 Å². The van der Waals surface area contributed by atoms with E-state index >= 15 is 0 Å². The Bertz CT molecular complexity index is 452. The molecule has 1 aromatic heterocycles. The van der Waals surface area contributed by atoms with Gasteiger partial charge in [-0.2, -0.15) is 0 Å². The molecule has 7 nitrogen and oxygen atoms in total. The number of nitrogen functional groups attached to an aromatic ring is 1. The molecule has 0 aromatic carbocycles. The zero-order chi connectivity index (χ0) is 13.0. The van der Waals surface area contributed by atoms with Crippen molar-refractivity contribution in [3.8, 4) is 0 Å². The van der Waals surface area contributed by atoms with Crippen LogP contribution in [0.4, 0.5) is 5.69 Å². The maximum Gasteiger partial charge on any atom is 0.254 e. The number of hydrogen-bond acceptors (Lipinski definition) is 5. The highest BCUT2D eigenvalue weighted by Gasteiger charge is 2.15. The van der Waals surface area contributed by atoms with Crippen LogP contribution in [-0.4, -0.2) is 34.6 Å². The van der Waals surface area contributed by atoms with Gasteiger partial charge in [-0.3, -0.25) is 9.59 Å². The maximum absolute atomic E-state index is 11.6. The van der Waals surface area contributed by atoms with Gasteiger partial charge in [-0.25, -0.2) is 4.98 Å². The van der Waals surface area contributed by atoms with E-state index in [1.807, 2.05) is 0 Å². The second-order valence-corrected chi connectivity index (χ2v) is 3.59. The summed E-state index contributed by atoms with van der Waals surface area (Å²) in [6, 6.07) is 1.33. The summed E-state index contributed by atoms with van der Waals surface area (Å²) in [5.41, 5.74) is 10.6. The van der Waals surface area contributed by atoms with Crippen LogP contribution in [0.5, 0.6) is 0 Å². The number of carbonyl (C=O) groups is 2. The van der Waals surface area contributed by atoms with Gasteiger partial charge in [0, 0.05) is 0 Å². The maximum atomic E-state index is 11.6. The molecular formula is C9H11ClN4O3. The van der Waals surface area contributed by atoms with E-state index in [9.17, 15) is 9.59 Å². The van der Waals surface area contributed by atoms with Crippen molar-refractivity contribution < 1.29 is 14.7 Å². The number of carbonyl (C=O) groups excluding carboxylic acids is 2. The van der Waals surface area contributed by atoms with Gasteiger partial charge < -0.3 is 21.9 Å². The summed E-state index contributed by atoms with van der Waals surface area (Å²) in [7, 11) is 0. The molecule has 1 rings (SSSR count). The summed E-state index contributed by atoms with van der Waals surface area (Å²) in [4.78, 5) is 25.8. The molecule has 1 heterocycles. The first-order valence-corrected chi connectivity index (χ1v) is 4.96. The lowest BCUT2D eigenvalue weighted by Gasteiger charge is -2.09. The molecule has 92 valence electrons. The van der Waals surface area contributed by atoms with Crippen molar-refractivity contribution in [1.29, 1.82) is 0 Å². The Balaban J connectivity index is 2.70. The van der Waals surface area contributed by atoms with Gasteiger partial charge in [0.25, 0.3) is 5.91 Å². The number of rotatable bonds is 4. The van der Waals surface area contributed by atoms with Gasteiger partial charge in [0.05, 0.1) is 24.0 Å². The molecular weight excluding hydrogens is 248 g/mol. The first kappa shape index (κ1) is 13.2. The van der Waals surface area contributed by atoms with Gasteiger partial charge in [0.1, 0.15) is 11.3 Å². The Labute approximate surface area is 102 Å². The molecule has 0 saturated heterocycles. The average Bonchev–Trinajstić information content (AvgIpc) is 2.28. The van der Waals surface area contributed by atoms with Gasteiger partial charge in [-0.1, -0.05) is 11.6 Å². The lowest BCUT2D eigenvalue weighted by molar-refractivity contribution is -0.125. The van der Waals surface area contributed by atoms with Crippen molar-refractivity contribution in [2.75, 3.05) is 12.3 Å². The molecule has 6 N–H and O–H groups in total. The van der Waals surface area contributed by atoms with Crippen LogP contribution < -0.4 is 16.8 Å². The first-order valence-electron chi connectivity index (χ1n) is 4.58. The number of aliphatic hydroxyl groups is 1. The molecule has 1 atom stereocenters. The Morgan fingerprint density at radius 1 is 1.59 bits per heavy atom. The first-order chi connectivity index (χ1) is 7.91. The number of primary amides is 1. The fraction of sp³-hybridized carbons (Fsp3) is 0.222. The lowest BCUT2D eigenvalue weighted by Crippen LogP contribution is -2.40. The van der Waals surface area contributed by atoms with Crippen molar-refractivity contribution in [2.45, 2.75) is 6.10 Å². The predicted octanol–water partition coefficient (Wildman–Crippen LogP) is -1.11. The highest BCUT2D eigenvalue weighted by atomic mass is 35.5. The third-order valence-corrected chi connectivity index (χ3v) is 2.19. The molecule has 8 heteroatoms. The zero-order valence-electron chi connectivity index (χ0n) is 8.68. The number of nitrogens with two attached hydrogens (primary N) is 2. The zero-order valence-corrected chi connectivity index (χ0v) is 9.44. The van der Waals surface area contributed by atoms with E-state index in [4.69, 9.17) is 28.2 Å². The van der Waals surface area contributed by atoms with Crippen molar-refractivity contribution in [1.82, 2.24) is 10.3 Å². The molecule has 0 aliphatic heterocycles. The van der Waals surface area contributed by atoms with E-state index in [2.05, 4.69) is 10.3 Å². The van der Waals surface area contributed by atoms with Crippen molar-refractivity contribution in [2.24, 2.45) is 5.73 Å². The summed E-state index contributed by atoms with van der Waals surface area (Å²) in [6.45, 7) is -0.306. The third-order valence-electron chi connectivity index (χ3n) is 1.89. The van der Waals surface area contributed by atoms with E-state index in [-0.39, 0.29) is 22.9 Å². The average molecular weight is 259 g/mol. The Morgan fingerprint density at radius 3 is 2.82 bits per heavy atom. The van der Waals surface area contributed by atoms with Crippen LogP contribution in [0.15, 0.2) is 12.3 Å². The SMILES string of the molecule is NC(=O)C(O)CNC(=O)c1cc(N)cnc1Cl. The number of hydrogen-bond donors (Lipinski definition) is 4. The van der Waals surface area contributed by atoms with E-state index in [0.29, 0.717) is 0 Å². The number of pyridine rings is 1. The quantitative estimate of drug-likeness (QED) is 0.509. The van der Waals surface area contributed by atoms with E-state index in [0.717, 1.165) is 0 Å². The number of aliphatic hydroxyl groups excluding tert-OH is 1. The number of aromatic nitrogens is 1. The second-order valence-electron chi connectivity index (χ2n) is 3.24. The van der Waals surface area contributed by atoms with Gasteiger partial charge in [-0.05, 0) is 6.07 Å². The lowest BCUT2D eigenvalue weighted by atomic mass is 10.2. The minimum absolute atomic E-state index is 0.0229. The monoisotopic (exact) mass is 258 g/mol. The second kappa shape index (κ2) is 5.46. The standard InChI is InChI=1S/C9H11ClN4O3/c10-7-5(1-4(11)2-13-7)9(17)14-3-6(15)8(12)16/h1-2,6,15H,3,11H2,(H2,12,16)(H,14,17). The molecule has 0 saturated carbocycles. The third kappa shape index (κ3) is 3.58. The molecule has 0 aliphatic carbocycles. The van der Waals surface area contributed by atoms with Gasteiger partial charge in [-0.15, -0.1) is 0 Å². The van der Waals surface area contributed by atoms with Crippen LogP contribution in [0, 0.1) is 0 Å². The number of anilines is 1. The fourth-order valence-corrected chi connectivity index (χ4v) is 1.20. The predicted molar refractivity (Wildman–Crippen MR) is 61.2 cm³/mol. The molecule has 1 unspecified atom stereocenters. The highest BCUT2D eigenvalue weighted by molar-refractivity contribution is 6.32. The van der Waals surface area contributed by atoms with Crippen LogP contribution in [0.2, 0.25) is 5.15 Å². The van der Waals surface area contributed by atoms with Crippen LogP contribution in [-0.2, 0) is 4.79 Å². The molecule has 0 fully saturated rings. The summed E-state index contributed by atoms with van der Waals surface area (Å²) in [6.07, 6.45) is -0.149. The van der Waals surface area contributed by atoms with Crippen LogP contribution in [0.1, 0.15) is 10.4 Å². The van der Waals surface area contributed by atoms with Crippen molar-refractivity contribution in [3.05, 3.63) is 23.0 Å². The smallest absolute Gasteiger partial charge is 0.254 e. The Hall–Kier alpha value is -1.86. The molecule has 0 aliphatic rings. The summed E-state index contributed by atoms with van der Waals surface area (Å²) in [5.74, 6) is -1.53. The van der Waals surface area contributed by atoms with Crippen LogP contribution in [0.3, 0.4) is 0 Å². The summed E-state index contributed by atoms with van der Waals surface area (Å²) < 4.78 is 0. The molecule has 1 aromatic rings. The van der Waals surface area contributed by atoms with Crippen molar-refractivity contribution >= 4 is 29.1 Å². The topological polar surface area (TPSA) is 131 Å². The van der Waals surface area contributed by atoms with E-state index in [1.165, 1.54) is 12.3 Å². The summed E-state index contributed by atoms with van der Waals surface area (Å²) in [5, 5.41) is 11.3. The molecule has 0 spiro atoms. The molecule has 17 heavy (non-hydrogen) atoms. The van der Waals surface area contributed by atoms with Crippen LogP contribution >= 0.6 is 11.6 Å². The van der Waals surface area contributed by atoms with Crippen LogP contribution in [0.25, 0.3) is 0 Å². The highest BCUT2D eigenvalue weighted by Crippen LogP contribution is 2.15. The van der Waals surface area contributed by atoms with E-state index < -0.39 is 17.9 Å². The number of nitrogens with one attached hydrogen (secondary N) is 1. The molecule has 0 bridgehead atoms. The number of nitrogens with zero attached hydrogens (tertiary/aromatic N) is 1. The van der Waals surface area contributed by atoms with Gasteiger partial charge >= 0.3 is 0 Å². The number of amides is 2. The van der Waals surface area contributed by atoms with E-state index in [1.54, 1.807) is 0 Å². The number of halogens is 1. The normalized spacial score (nSPS) is 11.9.